The number of aliphatic carboxylic acids is 1. The van der Waals surface area contributed by atoms with Gasteiger partial charge in [-0.2, -0.15) is 0 Å². The van der Waals surface area contributed by atoms with Crippen molar-refractivity contribution >= 4 is 28.5 Å². The topological polar surface area (TPSA) is 101 Å². The summed E-state index contributed by atoms with van der Waals surface area (Å²) in [6.45, 7) is -0.592. The van der Waals surface area contributed by atoms with E-state index < -0.39 is 18.6 Å². The summed E-state index contributed by atoms with van der Waals surface area (Å²) < 4.78 is 0. The monoisotopic (exact) mass is 217 g/mol. The number of amides is 2. The Morgan fingerprint density at radius 1 is 1.64 bits per heavy atom. The summed E-state index contributed by atoms with van der Waals surface area (Å²) >= 11 is 1.24. The van der Waals surface area contributed by atoms with Crippen molar-refractivity contribution in [2.24, 2.45) is 0 Å². The maximum absolute atomic E-state index is 10.9. The molecular formula is C6H7N3O4S. The molecule has 14 heavy (non-hydrogen) atoms. The van der Waals surface area contributed by atoms with Gasteiger partial charge in [0.05, 0.1) is 0 Å². The lowest BCUT2D eigenvalue weighted by Crippen LogP contribution is -2.30. The molecule has 76 valence electrons. The summed E-state index contributed by atoms with van der Waals surface area (Å²) in [6.07, 6.45) is 1.53. The first kappa shape index (κ1) is 10.4. The predicted octanol–water partition coefficient (Wildman–Crippen LogP) is 0.281. The fourth-order valence-electron chi connectivity index (χ4n) is 0.571. The Morgan fingerprint density at radius 2 is 2.43 bits per heavy atom. The third kappa shape index (κ3) is 3.83. The van der Waals surface area contributed by atoms with Crippen LogP contribution in [0.25, 0.3) is 0 Å². The number of aromatic nitrogens is 1. The summed E-state index contributed by atoms with van der Waals surface area (Å²) in [5.41, 5.74) is 1.89. The maximum atomic E-state index is 10.9. The normalized spacial score (nSPS) is 9.43. The fourth-order valence-corrected chi connectivity index (χ4v) is 1.10. The highest BCUT2D eigenvalue weighted by Gasteiger charge is 2.03. The molecule has 0 aliphatic heterocycles. The van der Waals surface area contributed by atoms with Gasteiger partial charge in [-0.25, -0.2) is 20.1 Å². The molecule has 0 fully saturated rings. The Labute approximate surface area is 82.7 Å². The second-order valence-corrected chi connectivity index (χ2v) is 2.97. The molecule has 1 aromatic heterocycles. The minimum Gasteiger partial charge on any atom is -0.479 e. The van der Waals surface area contributed by atoms with Crippen LogP contribution in [0.2, 0.25) is 0 Å². The average Bonchev–Trinajstić information content (AvgIpc) is 2.56. The number of anilines is 1. The van der Waals surface area contributed by atoms with Crippen LogP contribution in [0.3, 0.4) is 0 Å². The number of rotatable bonds is 4. The van der Waals surface area contributed by atoms with Crippen molar-refractivity contribution in [3.8, 4) is 0 Å². The number of hydroxylamine groups is 1. The van der Waals surface area contributed by atoms with Gasteiger partial charge in [0.2, 0.25) is 0 Å². The first-order chi connectivity index (χ1) is 6.68. The number of carboxylic acid groups (broad SMARTS) is 1. The molecule has 2 amide bonds. The molecule has 1 rings (SSSR count). The number of nitrogens with one attached hydrogen (secondary N) is 2. The van der Waals surface area contributed by atoms with Crippen molar-refractivity contribution in [3.63, 3.8) is 0 Å². The molecule has 1 aromatic rings. The summed E-state index contributed by atoms with van der Waals surface area (Å²) in [6, 6.07) is -0.666. The molecule has 0 radical (unpaired) electrons. The first-order valence-corrected chi connectivity index (χ1v) is 4.36. The van der Waals surface area contributed by atoms with E-state index in [1.165, 1.54) is 17.5 Å². The quantitative estimate of drug-likeness (QED) is 0.629. The first-order valence-electron chi connectivity index (χ1n) is 3.48. The van der Waals surface area contributed by atoms with Gasteiger partial charge in [-0.3, -0.25) is 10.2 Å². The molecule has 0 aromatic carbocycles. The average molecular weight is 217 g/mol. The lowest BCUT2D eigenvalue weighted by atomic mass is 10.8. The van der Waals surface area contributed by atoms with Crippen molar-refractivity contribution in [1.82, 2.24) is 10.5 Å². The van der Waals surface area contributed by atoms with Crippen molar-refractivity contribution < 1.29 is 19.5 Å². The van der Waals surface area contributed by atoms with E-state index in [1.807, 2.05) is 5.48 Å². The summed E-state index contributed by atoms with van der Waals surface area (Å²) in [7, 11) is 0. The Kier molecular flexibility index (Phi) is 3.83. The van der Waals surface area contributed by atoms with Crippen LogP contribution < -0.4 is 10.8 Å². The molecule has 0 atom stereocenters. The van der Waals surface area contributed by atoms with Crippen LogP contribution in [-0.2, 0) is 9.63 Å². The molecule has 1 heterocycles. The van der Waals surface area contributed by atoms with E-state index in [4.69, 9.17) is 5.11 Å². The molecular weight excluding hydrogens is 210 g/mol. The van der Waals surface area contributed by atoms with Gasteiger partial charge in [0.1, 0.15) is 0 Å². The van der Waals surface area contributed by atoms with Crippen LogP contribution in [0.5, 0.6) is 0 Å². The zero-order valence-electron chi connectivity index (χ0n) is 6.89. The van der Waals surface area contributed by atoms with Crippen molar-refractivity contribution in [2.45, 2.75) is 0 Å². The van der Waals surface area contributed by atoms with E-state index in [0.29, 0.717) is 5.13 Å². The van der Waals surface area contributed by atoms with E-state index in [-0.39, 0.29) is 0 Å². The van der Waals surface area contributed by atoms with Gasteiger partial charge < -0.3 is 5.11 Å². The number of hydrogen-bond acceptors (Lipinski definition) is 5. The molecule has 0 bridgehead atoms. The molecule has 7 nitrogen and oxygen atoms in total. The molecule has 0 aliphatic rings. The number of nitrogens with zero attached hydrogens (tertiary/aromatic N) is 1. The molecule has 0 spiro atoms. The summed E-state index contributed by atoms with van der Waals surface area (Å²) in [5, 5.41) is 12.6. The highest BCUT2D eigenvalue weighted by Crippen LogP contribution is 2.09. The van der Waals surface area contributed by atoms with Crippen molar-refractivity contribution in [1.29, 1.82) is 0 Å². The summed E-state index contributed by atoms with van der Waals surface area (Å²) in [4.78, 5) is 29.0. The van der Waals surface area contributed by atoms with Gasteiger partial charge in [-0.15, -0.1) is 11.3 Å². The van der Waals surface area contributed by atoms with Crippen LogP contribution in [-0.4, -0.2) is 28.7 Å². The maximum Gasteiger partial charge on any atom is 0.344 e. The zero-order chi connectivity index (χ0) is 10.4. The third-order valence-corrected chi connectivity index (χ3v) is 1.70. The molecule has 3 N–H and O–H groups in total. The van der Waals surface area contributed by atoms with Gasteiger partial charge in [0.25, 0.3) is 0 Å². The van der Waals surface area contributed by atoms with Crippen molar-refractivity contribution in [2.75, 3.05) is 11.9 Å². The lowest BCUT2D eigenvalue weighted by molar-refractivity contribution is -0.143. The summed E-state index contributed by atoms with van der Waals surface area (Å²) in [5.74, 6) is -1.17. The highest BCUT2D eigenvalue weighted by molar-refractivity contribution is 7.13. The zero-order valence-corrected chi connectivity index (χ0v) is 7.71. The van der Waals surface area contributed by atoms with E-state index in [9.17, 15) is 9.59 Å². The van der Waals surface area contributed by atoms with E-state index in [2.05, 4.69) is 15.1 Å². The standard InChI is InChI=1S/C6H7N3O4S/c10-4(11)3-13-9-5(12)8-6-7-1-2-14-6/h1-2H,3H2,(H,10,11)(H2,7,8,9,12). The van der Waals surface area contributed by atoms with Gasteiger partial charge in [-0.1, -0.05) is 0 Å². The third-order valence-electron chi connectivity index (χ3n) is 1.01. The van der Waals surface area contributed by atoms with E-state index >= 15 is 0 Å². The number of thiazole rings is 1. The van der Waals surface area contributed by atoms with Gasteiger partial charge in [0, 0.05) is 11.6 Å². The minimum absolute atomic E-state index is 0.404. The van der Waals surface area contributed by atoms with Crippen LogP contribution in [0.1, 0.15) is 0 Å². The molecule has 0 aliphatic carbocycles. The van der Waals surface area contributed by atoms with E-state index in [0.717, 1.165) is 0 Å². The molecule has 0 unspecified atom stereocenters. The Bertz CT molecular complexity index is 313. The van der Waals surface area contributed by atoms with Crippen LogP contribution in [0, 0.1) is 0 Å². The van der Waals surface area contributed by atoms with Gasteiger partial charge in [0.15, 0.2) is 11.7 Å². The second kappa shape index (κ2) is 5.14. The molecule has 8 heteroatoms. The Balaban J connectivity index is 2.20. The largest absolute Gasteiger partial charge is 0.479 e. The van der Waals surface area contributed by atoms with Crippen molar-refractivity contribution in [3.05, 3.63) is 11.6 Å². The minimum atomic E-state index is -1.17. The second-order valence-electron chi connectivity index (χ2n) is 2.08. The number of carboxylic acids is 1. The van der Waals surface area contributed by atoms with Crippen LogP contribution in [0.4, 0.5) is 9.93 Å². The van der Waals surface area contributed by atoms with Crippen LogP contribution in [0.15, 0.2) is 11.6 Å². The highest BCUT2D eigenvalue weighted by atomic mass is 32.1. The molecule has 0 saturated heterocycles. The van der Waals surface area contributed by atoms with Gasteiger partial charge >= 0.3 is 12.0 Å². The van der Waals surface area contributed by atoms with Crippen LogP contribution >= 0.6 is 11.3 Å². The SMILES string of the molecule is O=C(O)CONC(=O)Nc1nccs1. The number of urea groups is 1. The number of carbonyl (C=O) groups excluding carboxylic acids is 1. The predicted molar refractivity (Wildman–Crippen MR) is 47.9 cm³/mol. The Morgan fingerprint density at radius 3 is 3.00 bits per heavy atom. The van der Waals surface area contributed by atoms with E-state index in [1.54, 1.807) is 5.38 Å². The smallest absolute Gasteiger partial charge is 0.344 e. The lowest BCUT2D eigenvalue weighted by Gasteiger charge is -2.02. The Hall–Kier alpha value is -1.67. The number of hydrogen-bond donors (Lipinski definition) is 3. The molecule has 0 saturated carbocycles. The fraction of sp³-hybridized carbons (Fsp3) is 0.167. The number of carbonyl (C=O) groups is 2. The van der Waals surface area contributed by atoms with Gasteiger partial charge in [-0.05, 0) is 0 Å².